The van der Waals surface area contributed by atoms with Gasteiger partial charge < -0.3 is 14.8 Å². The Morgan fingerprint density at radius 1 is 1.11 bits per heavy atom. The van der Waals surface area contributed by atoms with Crippen LogP contribution in [0.1, 0.15) is 51.3 Å². The van der Waals surface area contributed by atoms with Gasteiger partial charge >= 0.3 is 0 Å². The van der Waals surface area contributed by atoms with Crippen molar-refractivity contribution in [2.45, 2.75) is 64.6 Å². The third-order valence-electron chi connectivity index (χ3n) is 6.61. The van der Waals surface area contributed by atoms with Gasteiger partial charge in [0.05, 0.1) is 12.5 Å². The van der Waals surface area contributed by atoms with E-state index in [0.717, 1.165) is 77.1 Å². The maximum absolute atomic E-state index is 12.7. The minimum Gasteiger partial charge on any atom is -0.349 e. The first kappa shape index (κ1) is 19.4. The SMILES string of the molecule is CCn1ccnc1CNC(=O)[C@@H]1CCCN(C2CCN(C(=O)C3CC3)CC2)C1. The van der Waals surface area contributed by atoms with Crippen molar-refractivity contribution in [1.29, 1.82) is 0 Å². The predicted octanol–water partition coefficient (Wildman–Crippen LogP) is 1.63. The average molecular weight is 388 g/mol. The van der Waals surface area contributed by atoms with Crippen molar-refractivity contribution < 1.29 is 9.59 Å². The van der Waals surface area contributed by atoms with E-state index >= 15 is 0 Å². The lowest BCUT2D eigenvalue weighted by molar-refractivity contribution is -0.134. The number of nitrogens with zero attached hydrogens (tertiary/aromatic N) is 4. The molecule has 3 heterocycles. The summed E-state index contributed by atoms with van der Waals surface area (Å²) in [5.74, 6) is 1.82. The molecular formula is C21H33N5O2. The zero-order chi connectivity index (χ0) is 19.5. The first-order valence-corrected chi connectivity index (χ1v) is 11.0. The molecule has 1 N–H and O–H groups in total. The van der Waals surface area contributed by atoms with Crippen molar-refractivity contribution in [3.8, 4) is 0 Å². The molecule has 1 atom stereocenters. The van der Waals surface area contributed by atoms with Crippen molar-refractivity contribution in [1.82, 2.24) is 24.7 Å². The third-order valence-corrected chi connectivity index (χ3v) is 6.61. The zero-order valence-corrected chi connectivity index (χ0v) is 17.0. The van der Waals surface area contributed by atoms with E-state index in [1.165, 1.54) is 0 Å². The molecule has 7 nitrogen and oxygen atoms in total. The summed E-state index contributed by atoms with van der Waals surface area (Å²) < 4.78 is 2.06. The Bertz CT molecular complexity index is 691. The number of aromatic nitrogens is 2. The summed E-state index contributed by atoms with van der Waals surface area (Å²) in [5, 5.41) is 3.09. The van der Waals surface area contributed by atoms with Crippen molar-refractivity contribution in [2.24, 2.45) is 11.8 Å². The van der Waals surface area contributed by atoms with Gasteiger partial charge in [0.2, 0.25) is 11.8 Å². The largest absolute Gasteiger partial charge is 0.349 e. The Kier molecular flexibility index (Phi) is 5.99. The highest BCUT2D eigenvalue weighted by atomic mass is 16.2. The van der Waals surface area contributed by atoms with Crippen LogP contribution in [0.15, 0.2) is 12.4 Å². The zero-order valence-electron chi connectivity index (χ0n) is 17.0. The number of imidazole rings is 1. The monoisotopic (exact) mass is 387 g/mol. The molecule has 0 unspecified atom stereocenters. The van der Waals surface area contributed by atoms with Crippen LogP contribution >= 0.6 is 0 Å². The molecule has 1 aliphatic carbocycles. The summed E-state index contributed by atoms with van der Waals surface area (Å²) in [5.41, 5.74) is 0. The minimum absolute atomic E-state index is 0.0601. The molecule has 1 saturated carbocycles. The van der Waals surface area contributed by atoms with Gasteiger partial charge in [0, 0.05) is 50.5 Å². The Morgan fingerprint density at radius 3 is 2.61 bits per heavy atom. The van der Waals surface area contributed by atoms with Gasteiger partial charge in [0.25, 0.3) is 0 Å². The highest BCUT2D eigenvalue weighted by Crippen LogP contribution is 2.32. The van der Waals surface area contributed by atoms with Gasteiger partial charge in [-0.15, -0.1) is 0 Å². The fourth-order valence-corrected chi connectivity index (χ4v) is 4.70. The number of hydrogen-bond donors (Lipinski definition) is 1. The van der Waals surface area contributed by atoms with E-state index in [9.17, 15) is 9.59 Å². The highest BCUT2D eigenvalue weighted by molar-refractivity contribution is 5.81. The van der Waals surface area contributed by atoms with Crippen LogP contribution in [-0.2, 0) is 22.7 Å². The van der Waals surface area contributed by atoms with Crippen molar-refractivity contribution in [3.63, 3.8) is 0 Å². The molecule has 2 saturated heterocycles. The summed E-state index contributed by atoms with van der Waals surface area (Å²) in [4.78, 5) is 33.9. The van der Waals surface area contributed by atoms with E-state index in [1.807, 2.05) is 6.20 Å². The third kappa shape index (κ3) is 4.40. The number of hydrogen-bond acceptors (Lipinski definition) is 4. The maximum Gasteiger partial charge on any atom is 0.225 e. The Hall–Kier alpha value is -1.89. The first-order valence-electron chi connectivity index (χ1n) is 11.0. The lowest BCUT2D eigenvalue weighted by atomic mass is 9.93. The molecule has 2 amide bonds. The molecule has 0 aromatic carbocycles. The number of nitrogens with one attached hydrogen (secondary N) is 1. The molecule has 0 bridgehead atoms. The molecule has 1 aromatic rings. The van der Waals surface area contributed by atoms with Crippen molar-refractivity contribution >= 4 is 11.8 Å². The number of likely N-dealkylation sites (tertiary alicyclic amines) is 2. The molecule has 0 radical (unpaired) electrons. The minimum atomic E-state index is 0.0601. The summed E-state index contributed by atoms with van der Waals surface area (Å²) in [6.07, 6.45) is 10.0. The van der Waals surface area contributed by atoms with Crippen LogP contribution < -0.4 is 5.32 Å². The van der Waals surface area contributed by atoms with Gasteiger partial charge in [0.15, 0.2) is 0 Å². The molecule has 0 spiro atoms. The Labute approximate surface area is 167 Å². The summed E-state index contributed by atoms with van der Waals surface area (Å²) in [6.45, 7) is 7.12. The number of piperidine rings is 2. The van der Waals surface area contributed by atoms with Crippen LogP contribution in [0.3, 0.4) is 0 Å². The second kappa shape index (κ2) is 8.64. The lowest BCUT2D eigenvalue weighted by Crippen LogP contribution is -2.51. The fraction of sp³-hybridized carbons (Fsp3) is 0.762. The first-order chi connectivity index (χ1) is 13.7. The molecule has 4 rings (SSSR count). The van der Waals surface area contributed by atoms with E-state index < -0.39 is 0 Å². The highest BCUT2D eigenvalue weighted by Gasteiger charge is 2.37. The van der Waals surface area contributed by atoms with Crippen molar-refractivity contribution in [3.05, 3.63) is 18.2 Å². The van der Waals surface area contributed by atoms with E-state index in [2.05, 4.69) is 31.6 Å². The molecule has 3 aliphatic rings. The van der Waals surface area contributed by atoms with Gasteiger partial charge in [0.1, 0.15) is 5.82 Å². The molecule has 3 fully saturated rings. The Balaban J connectivity index is 1.25. The quantitative estimate of drug-likeness (QED) is 0.805. The topological polar surface area (TPSA) is 70.5 Å². The van der Waals surface area contributed by atoms with E-state index in [4.69, 9.17) is 0 Å². The smallest absolute Gasteiger partial charge is 0.225 e. The van der Waals surface area contributed by atoms with Gasteiger partial charge in [-0.25, -0.2) is 4.98 Å². The molecular weight excluding hydrogens is 354 g/mol. The van der Waals surface area contributed by atoms with Crippen LogP contribution in [0.2, 0.25) is 0 Å². The fourth-order valence-electron chi connectivity index (χ4n) is 4.70. The van der Waals surface area contributed by atoms with Gasteiger partial charge in [-0.05, 0) is 52.0 Å². The second-order valence-electron chi connectivity index (χ2n) is 8.51. The van der Waals surface area contributed by atoms with Gasteiger partial charge in [-0.3, -0.25) is 14.5 Å². The standard InChI is InChI=1S/C21H33N5O2/c1-2-24-13-9-22-19(24)14-23-20(27)17-4-3-10-26(15-17)18-7-11-25(12-8-18)21(28)16-5-6-16/h9,13,16-18H,2-8,10-12,14-15H2,1H3,(H,23,27)/t17-/m1/s1. The normalized spacial score (nSPS) is 24.3. The molecule has 7 heteroatoms. The molecule has 2 aliphatic heterocycles. The number of carbonyl (C=O) groups excluding carboxylic acids is 2. The molecule has 1 aromatic heterocycles. The average Bonchev–Trinajstić information content (AvgIpc) is 3.50. The number of carbonyl (C=O) groups is 2. The summed E-state index contributed by atoms with van der Waals surface area (Å²) in [7, 11) is 0. The summed E-state index contributed by atoms with van der Waals surface area (Å²) in [6, 6.07) is 0.512. The summed E-state index contributed by atoms with van der Waals surface area (Å²) >= 11 is 0. The molecule has 28 heavy (non-hydrogen) atoms. The number of rotatable bonds is 6. The van der Waals surface area contributed by atoms with Gasteiger partial charge in [-0.1, -0.05) is 0 Å². The van der Waals surface area contributed by atoms with Crippen LogP contribution in [0.5, 0.6) is 0 Å². The van der Waals surface area contributed by atoms with E-state index in [0.29, 0.717) is 24.4 Å². The van der Waals surface area contributed by atoms with Crippen LogP contribution in [-0.4, -0.2) is 63.4 Å². The van der Waals surface area contributed by atoms with Crippen LogP contribution in [0.25, 0.3) is 0 Å². The van der Waals surface area contributed by atoms with Crippen LogP contribution in [0, 0.1) is 11.8 Å². The van der Waals surface area contributed by atoms with Gasteiger partial charge in [-0.2, -0.15) is 0 Å². The van der Waals surface area contributed by atoms with E-state index in [1.54, 1.807) is 6.20 Å². The number of amides is 2. The van der Waals surface area contributed by atoms with E-state index in [-0.39, 0.29) is 11.8 Å². The Morgan fingerprint density at radius 2 is 1.89 bits per heavy atom. The van der Waals surface area contributed by atoms with Crippen molar-refractivity contribution in [2.75, 3.05) is 26.2 Å². The lowest BCUT2D eigenvalue weighted by Gasteiger charge is -2.42. The molecule has 154 valence electrons. The second-order valence-corrected chi connectivity index (χ2v) is 8.51. The predicted molar refractivity (Wildman–Crippen MR) is 106 cm³/mol. The maximum atomic E-state index is 12.7. The number of aryl methyl sites for hydroxylation is 1. The van der Waals surface area contributed by atoms with Crippen LogP contribution in [0.4, 0.5) is 0 Å².